The van der Waals surface area contributed by atoms with E-state index in [-0.39, 0.29) is 5.41 Å². The molecule has 1 saturated heterocycles. The average molecular weight is 532 g/mol. The van der Waals surface area contributed by atoms with E-state index in [9.17, 15) is 9.59 Å². The lowest BCUT2D eigenvalue weighted by Crippen LogP contribution is -2.40. The monoisotopic (exact) mass is 531 g/mol. The minimum atomic E-state index is -0.238. The maximum atomic E-state index is 12.1. The molecule has 0 aromatic heterocycles. The summed E-state index contributed by atoms with van der Waals surface area (Å²) < 4.78 is 0. The third kappa shape index (κ3) is 5.92. The van der Waals surface area contributed by atoms with Gasteiger partial charge in [-0.25, -0.2) is 0 Å². The molecule has 2 fully saturated rings. The van der Waals surface area contributed by atoms with Gasteiger partial charge < -0.3 is 14.8 Å². The van der Waals surface area contributed by atoms with Gasteiger partial charge >= 0.3 is 0 Å². The Morgan fingerprint density at radius 2 is 1.72 bits per heavy atom. The van der Waals surface area contributed by atoms with Crippen molar-refractivity contribution in [1.29, 1.82) is 0 Å². The molecule has 1 aliphatic carbocycles. The fraction of sp³-hybridized carbons (Fsp3) is 0.485. The number of hydrogen-bond acceptors (Lipinski definition) is 5. The van der Waals surface area contributed by atoms with Crippen molar-refractivity contribution in [2.75, 3.05) is 38.7 Å². The van der Waals surface area contributed by atoms with Gasteiger partial charge in [-0.3, -0.25) is 14.7 Å². The van der Waals surface area contributed by atoms with Gasteiger partial charge in [0.05, 0.1) is 11.4 Å². The van der Waals surface area contributed by atoms with Gasteiger partial charge in [-0.1, -0.05) is 24.3 Å². The first-order chi connectivity index (χ1) is 18.9. The predicted octanol–water partition coefficient (Wildman–Crippen LogP) is 6.08. The second-order valence-electron chi connectivity index (χ2n) is 11.2. The Hall–Kier alpha value is -3.09. The molecular weight excluding hydrogens is 486 g/mol. The van der Waals surface area contributed by atoms with E-state index in [1.807, 2.05) is 32.2 Å². The van der Waals surface area contributed by atoms with Gasteiger partial charge in [0, 0.05) is 37.6 Å². The molecule has 2 heterocycles. The van der Waals surface area contributed by atoms with Crippen molar-refractivity contribution < 1.29 is 14.7 Å². The number of hydrogen-bond donors (Lipinski definition) is 1. The van der Waals surface area contributed by atoms with Gasteiger partial charge in [-0.2, -0.15) is 0 Å². The number of benzene rings is 2. The zero-order chi connectivity index (χ0) is 28.7. The van der Waals surface area contributed by atoms with Gasteiger partial charge in [0.15, 0.2) is 6.29 Å². The van der Waals surface area contributed by atoms with E-state index >= 15 is 0 Å². The lowest BCUT2D eigenvalue weighted by atomic mass is 9.75. The van der Waals surface area contributed by atoms with Crippen LogP contribution in [0.25, 0.3) is 0 Å². The maximum absolute atomic E-state index is 12.1. The number of piperidine rings is 1. The Morgan fingerprint density at radius 3 is 2.31 bits per heavy atom. The molecule has 6 heteroatoms. The van der Waals surface area contributed by atoms with Crippen LogP contribution in [0.1, 0.15) is 72.5 Å². The summed E-state index contributed by atoms with van der Waals surface area (Å²) in [4.78, 5) is 32.5. The molecular formula is C33H45N3O3. The maximum Gasteiger partial charge on any atom is 0.152 e. The number of carbonyl (C=O) groups excluding carboxylic acids is 2. The molecule has 0 unspecified atom stereocenters. The zero-order valence-corrected chi connectivity index (χ0v) is 24.3. The van der Waals surface area contributed by atoms with Crippen molar-refractivity contribution in [3.8, 4) is 0 Å². The smallest absolute Gasteiger partial charge is 0.152 e. The summed E-state index contributed by atoms with van der Waals surface area (Å²) in [7, 11) is 2.85. The van der Waals surface area contributed by atoms with Gasteiger partial charge in [0.1, 0.15) is 12.1 Å². The summed E-state index contributed by atoms with van der Waals surface area (Å²) in [6.45, 7) is 15.8. The van der Waals surface area contributed by atoms with Crippen LogP contribution in [0.15, 0.2) is 54.5 Å². The summed E-state index contributed by atoms with van der Waals surface area (Å²) in [5.41, 5.74) is 6.17. The molecule has 5 rings (SSSR count). The molecule has 39 heavy (non-hydrogen) atoms. The van der Waals surface area contributed by atoms with Crippen molar-refractivity contribution in [3.63, 3.8) is 0 Å². The number of amidine groups is 1. The predicted molar refractivity (Wildman–Crippen MR) is 162 cm³/mol. The highest BCUT2D eigenvalue weighted by atomic mass is 16.2. The van der Waals surface area contributed by atoms with Crippen molar-refractivity contribution in [2.24, 2.45) is 16.8 Å². The van der Waals surface area contributed by atoms with Crippen LogP contribution in [0.4, 0.5) is 11.4 Å². The molecule has 210 valence electrons. The number of likely N-dealkylation sites (tertiary alicyclic amines) is 1. The van der Waals surface area contributed by atoms with Gasteiger partial charge in [0.2, 0.25) is 0 Å². The third-order valence-corrected chi connectivity index (χ3v) is 8.62. The molecule has 3 aliphatic rings. The first kappa shape index (κ1) is 30.5. The second kappa shape index (κ2) is 13.3. The molecule has 0 atom stereocenters. The fourth-order valence-electron chi connectivity index (χ4n) is 6.53. The summed E-state index contributed by atoms with van der Waals surface area (Å²) in [6, 6.07) is 13.0. The van der Waals surface area contributed by atoms with E-state index in [1.165, 1.54) is 11.1 Å². The number of fused-ring (bicyclic) bond motifs is 1. The van der Waals surface area contributed by atoms with Crippen LogP contribution < -0.4 is 4.90 Å². The average Bonchev–Trinajstić information content (AvgIpc) is 3.18. The highest BCUT2D eigenvalue weighted by molar-refractivity contribution is 6.17. The van der Waals surface area contributed by atoms with Crippen molar-refractivity contribution in [3.05, 3.63) is 71.8 Å². The van der Waals surface area contributed by atoms with Crippen molar-refractivity contribution in [1.82, 2.24) is 4.90 Å². The van der Waals surface area contributed by atoms with E-state index < -0.39 is 0 Å². The largest absolute Gasteiger partial charge is 0.400 e. The minimum Gasteiger partial charge on any atom is -0.400 e. The quantitative estimate of drug-likeness (QED) is 0.361. The van der Waals surface area contributed by atoms with Crippen LogP contribution in [0, 0.1) is 18.8 Å². The van der Waals surface area contributed by atoms with Crippen LogP contribution in [0.5, 0.6) is 0 Å². The summed E-state index contributed by atoms with van der Waals surface area (Å²) in [5, 5.41) is 7.00. The molecule has 0 spiro atoms. The highest BCUT2D eigenvalue weighted by Gasteiger charge is 2.43. The Balaban J connectivity index is 0.00000100. The Bertz CT molecular complexity index is 1170. The van der Waals surface area contributed by atoms with Gasteiger partial charge in [0.25, 0.3) is 0 Å². The number of aliphatic hydroxyl groups excluding tert-OH is 1. The SMILES string of the molecule is C=C.CN=C1N(c2cccc(C)c2C=O)c2cc(C3CCN(CC4CC(C=O)C4)CC3)ccc2C1(C)C.CO. The number of aliphatic imine (C=N–C) groups is 1. The molecule has 2 aliphatic heterocycles. The Kier molecular flexibility index (Phi) is 10.4. The number of nitrogens with zero attached hydrogens (tertiary/aromatic N) is 3. The highest BCUT2D eigenvalue weighted by Crippen LogP contribution is 2.48. The summed E-state index contributed by atoms with van der Waals surface area (Å²) in [6.07, 6.45) is 6.56. The molecule has 1 saturated carbocycles. The van der Waals surface area contributed by atoms with Crippen LogP contribution in [0.3, 0.4) is 0 Å². The molecule has 0 amide bonds. The number of aliphatic hydroxyl groups is 1. The van der Waals surface area contributed by atoms with Crippen LogP contribution in [0.2, 0.25) is 0 Å². The number of anilines is 2. The van der Waals surface area contributed by atoms with E-state index in [4.69, 9.17) is 10.1 Å². The lowest BCUT2D eigenvalue weighted by Gasteiger charge is -2.39. The molecule has 0 radical (unpaired) electrons. The zero-order valence-electron chi connectivity index (χ0n) is 24.3. The van der Waals surface area contributed by atoms with Crippen molar-refractivity contribution in [2.45, 2.75) is 57.8 Å². The van der Waals surface area contributed by atoms with Crippen LogP contribution >= 0.6 is 0 Å². The van der Waals surface area contributed by atoms with Crippen LogP contribution in [-0.2, 0) is 10.2 Å². The lowest BCUT2D eigenvalue weighted by molar-refractivity contribution is -0.114. The number of aryl methyl sites for hydroxylation is 1. The van der Waals surface area contributed by atoms with E-state index in [2.05, 4.69) is 55.0 Å². The third-order valence-electron chi connectivity index (χ3n) is 8.62. The molecule has 1 N–H and O–H groups in total. The number of rotatable bonds is 6. The normalized spacial score (nSPS) is 23.0. The molecule has 2 aromatic carbocycles. The minimum absolute atomic E-state index is 0.238. The molecule has 0 bridgehead atoms. The first-order valence-corrected chi connectivity index (χ1v) is 14.0. The molecule has 2 aromatic rings. The number of aldehydes is 2. The van der Waals surface area contributed by atoms with E-state index in [1.54, 1.807) is 0 Å². The van der Waals surface area contributed by atoms with E-state index in [0.717, 1.165) is 93.3 Å². The summed E-state index contributed by atoms with van der Waals surface area (Å²) in [5.74, 6) is 2.52. The molecule has 6 nitrogen and oxygen atoms in total. The number of carbonyl (C=O) groups is 2. The fourth-order valence-corrected chi connectivity index (χ4v) is 6.53. The van der Waals surface area contributed by atoms with Crippen LogP contribution in [-0.4, -0.2) is 62.2 Å². The first-order valence-electron chi connectivity index (χ1n) is 14.0. The van der Waals surface area contributed by atoms with Crippen molar-refractivity contribution >= 4 is 29.8 Å². The standard InChI is InChI=1S/C30H37N3O2.C2H4.CH4O/c1-20-6-5-7-27(25(20)19-35)33-28-16-24(8-9-26(28)30(2,3)29(33)31-4)23-10-12-32(13-11-23)17-21-14-22(15-21)18-34;2*1-2/h5-9,16,18-19,21-23H,10-15,17H2,1-4H3;1-2H2;2H,1H3. The summed E-state index contributed by atoms with van der Waals surface area (Å²) >= 11 is 0. The Labute approximate surface area is 234 Å². The van der Waals surface area contributed by atoms with Gasteiger partial charge in [-0.15, -0.1) is 13.2 Å². The second-order valence-corrected chi connectivity index (χ2v) is 11.2. The Morgan fingerprint density at radius 1 is 1.05 bits per heavy atom. The van der Waals surface area contributed by atoms with Gasteiger partial charge in [-0.05, 0) is 100 Å². The van der Waals surface area contributed by atoms with E-state index in [0.29, 0.717) is 17.8 Å². The topological polar surface area (TPSA) is 73.2 Å².